The van der Waals surface area contributed by atoms with Crippen molar-refractivity contribution in [1.82, 2.24) is 0 Å². The van der Waals surface area contributed by atoms with Crippen LogP contribution in [-0.2, 0) is 23.7 Å². The van der Waals surface area contributed by atoms with Gasteiger partial charge in [0, 0.05) is 0 Å². The molecule has 28 heavy (non-hydrogen) atoms. The molecular formula is C21H32O6Si. The number of benzene rings is 1. The Morgan fingerprint density at radius 1 is 0.964 bits per heavy atom. The van der Waals surface area contributed by atoms with Crippen molar-refractivity contribution in [2.45, 2.75) is 88.6 Å². The Balaban J connectivity index is 1.66. The predicted octanol–water partition coefficient (Wildman–Crippen LogP) is 2.36. The zero-order valence-corrected chi connectivity index (χ0v) is 18.6. The molecule has 4 rings (SSSR count). The van der Waals surface area contributed by atoms with Crippen molar-refractivity contribution in [3.8, 4) is 0 Å². The maximum absolute atomic E-state index is 12.1. The van der Waals surface area contributed by atoms with Gasteiger partial charge in [0.2, 0.25) is 0 Å². The van der Waals surface area contributed by atoms with Gasteiger partial charge in [-0.15, -0.1) is 0 Å². The fourth-order valence-electron chi connectivity index (χ4n) is 4.77. The van der Waals surface area contributed by atoms with E-state index in [0.29, 0.717) is 12.7 Å². The van der Waals surface area contributed by atoms with Crippen LogP contribution in [0.25, 0.3) is 0 Å². The second kappa shape index (κ2) is 6.60. The molecule has 7 heteroatoms. The van der Waals surface area contributed by atoms with E-state index >= 15 is 0 Å². The Bertz CT molecular complexity index is 721. The Morgan fingerprint density at radius 2 is 1.64 bits per heavy atom. The third kappa shape index (κ3) is 3.58. The molecule has 3 fully saturated rings. The lowest BCUT2D eigenvalue weighted by molar-refractivity contribution is -0.245. The van der Waals surface area contributed by atoms with Gasteiger partial charge in [-0.25, -0.2) is 0 Å². The molecule has 0 aromatic heterocycles. The highest BCUT2D eigenvalue weighted by molar-refractivity contribution is 6.90. The third-order valence-electron chi connectivity index (χ3n) is 5.97. The molecule has 0 radical (unpaired) electrons. The highest BCUT2D eigenvalue weighted by atomic mass is 28.3. The first-order valence-electron chi connectivity index (χ1n) is 10.0. The van der Waals surface area contributed by atoms with Gasteiger partial charge in [0.25, 0.3) is 0 Å². The summed E-state index contributed by atoms with van der Waals surface area (Å²) in [6.45, 7) is 12.4. The molecule has 0 amide bonds. The summed E-state index contributed by atoms with van der Waals surface area (Å²) in [5, 5.41) is 13.3. The van der Waals surface area contributed by atoms with E-state index in [9.17, 15) is 5.11 Å². The van der Waals surface area contributed by atoms with Crippen LogP contribution in [0.1, 0.15) is 27.7 Å². The van der Waals surface area contributed by atoms with Crippen molar-refractivity contribution in [3.05, 3.63) is 30.3 Å². The normalized spacial score (nSPS) is 39.2. The average molecular weight is 409 g/mol. The van der Waals surface area contributed by atoms with Gasteiger partial charge < -0.3 is 28.8 Å². The van der Waals surface area contributed by atoms with Gasteiger partial charge in [0.1, 0.15) is 23.9 Å². The Morgan fingerprint density at radius 3 is 2.25 bits per heavy atom. The molecule has 1 N–H and O–H groups in total. The van der Waals surface area contributed by atoms with Crippen LogP contribution < -0.4 is 5.19 Å². The first-order chi connectivity index (χ1) is 12.9. The summed E-state index contributed by atoms with van der Waals surface area (Å²) in [6.07, 6.45) is -2.12. The quantitative estimate of drug-likeness (QED) is 0.772. The smallest absolute Gasteiger partial charge is 0.190 e. The summed E-state index contributed by atoms with van der Waals surface area (Å²) in [6, 6.07) is 11.0. The lowest BCUT2D eigenvalue weighted by Crippen LogP contribution is -2.59. The number of ether oxygens (including phenoxy) is 5. The van der Waals surface area contributed by atoms with Crippen molar-refractivity contribution >= 4 is 13.3 Å². The fourth-order valence-corrected chi connectivity index (χ4v) is 7.88. The predicted molar refractivity (Wildman–Crippen MR) is 107 cm³/mol. The van der Waals surface area contributed by atoms with Crippen LogP contribution in [-0.4, -0.2) is 61.6 Å². The van der Waals surface area contributed by atoms with Gasteiger partial charge >= 0.3 is 0 Å². The number of aliphatic hydroxyl groups is 1. The minimum absolute atomic E-state index is 0.371. The van der Waals surface area contributed by atoms with E-state index < -0.39 is 43.7 Å². The minimum Gasteiger partial charge on any atom is -0.384 e. The number of fused-ring (bicyclic) bond motifs is 1. The maximum atomic E-state index is 12.1. The number of rotatable bonds is 4. The van der Waals surface area contributed by atoms with Crippen LogP contribution in [0.15, 0.2) is 30.3 Å². The molecule has 3 heterocycles. The van der Waals surface area contributed by atoms with Gasteiger partial charge in [-0.2, -0.15) is 0 Å². The molecule has 156 valence electrons. The Kier molecular flexibility index (Phi) is 4.83. The molecule has 3 aliphatic heterocycles. The van der Waals surface area contributed by atoms with Crippen molar-refractivity contribution in [2.75, 3.05) is 6.61 Å². The molecule has 0 bridgehead atoms. The van der Waals surface area contributed by atoms with Crippen molar-refractivity contribution < 1.29 is 28.8 Å². The molecule has 0 saturated carbocycles. The van der Waals surface area contributed by atoms with Crippen LogP contribution in [0.3, 0.4) is 0 Å². The molecule has 0 unspecified atom stereocenters. The van der Waals surface area contributed by atoms with Crippen LogP contribution in [0.5, 0.6) is 0 Å². The van der Waals surface area contributed by atoms with Gasteiger partial charge in [-0.1, -0.05) is 48.6 Å². The van der Waals surface area contributed by atoms with Gasteiger partial charge in [0.15, 0.2) is 17.9 Å². The van der Waals surface area contributed by atoms with Crippen LogP contribution in [0.2, 0.25) is 19.1 Å². The molecular weight excluding hydrogens is 376 g/mol. The number of hydrogen-bond donors (Lipinski definition) is 1. The molecule has 3 aliphatic rings. The fraction of sp³-hybridized carbons (Fsp3) is 0.714. The molecule has 0 spiro atoms. The maximum Gasteiger partial charge on any atom is 0.190 e. The average Bonchev–Trinajstić information content (AvgIpc) is 3.18. The van der Waals surface area contributed by atoms with Crippen molar-refractivity contribution in [1.29, 1.82) is 0 Å². The second-order valence-corrected chi connectivity index (χ2v) is 14.5. The summed E-state index contributed by atoms with van der Waals surface area (Å²) < 4.78 is 30.1. The van der Waals surface area contributed by atoms with Gasteiger partial charge in [-0.05, 0) is 33.7 Å². The van der Waals surface area contributed by atoms with E-state index in [4.69, 9.17) is 23.7 Å². The Hall–Kier alpha value is -0.803. The second-order valence-electron chi connectivity index (χ2n) is 9.77. The Labute approximate surface area is 168 Å². The summed E-state index contributed by atoms with van der Waals surface area (Å²) in [4.78, 5) is 0. The third-order valence-corrected chi connectivity index (χ3v) is 9.32. The zero-order chi connectivity index (χ0) is 20.4. The first kappa shape index (κ1) is 20.5. The van der Waals surface area contributed by atoms with E-state index in [1.807, 2.05) is 45.9 Å². The van der Waals surface area contributed by atoms with Gasteiger partial charge in [-0.3, -0.25) is 0 Å². The SMILES string of the molecule is CC1(C)OC[C@H]([C@H]2O[C@@H]3OC(C)(C)O[C@@H]3[C@@]2(O)C[Si](C)(C)c2ccccc2)O1. The lowest BCUT2D eigenvalue weighted by Gasteiger charge is -2.40. The topological polar surface area (TPSA) is 66.4 Å². The summed E-state index contributed by atoms with van der Waals surface area (Å²) >= 11 is 0. The van der Waals surface area contributed by atoms with Crippen LogP contribution >= 0.6 is 0 Å². The lowest BCUT2D eigenvalue weighted by atomic mass is 9.91. The summed E-state index contributed by atoms with van der Waals surface area (Å²) in [5.41, 5.74) is -1.22. The van der Waals surface area contributed by atoms with Crippen LogP contribution in [0.4, 0.5) is 0 Å². The van der Waals surface area contributed by atoms with Crippen molar-refractivity contribution in [2.24, 2.45) is 0 Å². The molecule has 6 nitrogen and oxygen atoms in total. The zero-order valence-electron chi connectivity index (χ0n) is 17.6. The molecule has 3 saturated heterocycles. The molecule has 1 aromatic rings. The number of hydrogen-bond acceptors (Lipinski definition) is 6. The summed E-state index contributed by atoms with van der Waals surface area (Å²) in [5.74, 6) is -1.49. The standard InChI is InChI=1S/C21H32O6Si/c1-19(2)23-12-15(25-19)16-21(22,17-18(24-16)27-20(3,4)26-17)13-28(5,6)14-10-8-7-9-11-14/h7-11,15-18,22H,12-13H2,1-6H3/t15-,16-,17+,18-,21-/m1/s1. The van der Waals surface area contributed by atoms with Crippen molar-refractivity contribution in [3.63, 3.8) is 0 Å². The highest BCUT2D eigenvalue weighted by Crippen LogP contribution is 2.49. The molecule has 5 atom stereocenters. The highest BCUT2D eigenvalue weighted by Gasteiger charge is 2.67. The molecule has 1 aromatic carbocycles. The van der Waals surface area contributed by atoms with E-state index in [2.05, 4.69) is 25.2 Å². The van der Waals surface area contributed by atoms with Crippen LogP contribution in [0, 0.1) is 0 Å². The molecule has 0 aliphatic carbocycles. The van der Waals surface area contributed by atoms with E-state index in [0.717, 1.165) is 0 Å². The van der Waals surface area contributed by atoms with Gasteiger partial charge in [0.05, 0.1) is 14.7 Å². The van der Waals surface area contributed by atoms with E-state index in [-0.39, 0.29) is 6.10 Å². The first-order valence-corrected chi connectivity index (χ1v) is 13.2. The largest absolute Gasteiger partial charge is 0.384 e. The minimum atomic E-state index is -2.01. The van der Waals surface area contributed by atoms with E-state index in [1.165, 1.54) is 5.19 Å². The van der Waals surface area contributed by atoms with E-state index in [1.54, 1.807) is 0 Å². The summed E-state index contributed by atoms with van der Waals surface area (Å²) in [7, 11) is -2.01. The monoisotopic (exact) mass is 408 g/mol.